The zero-order chi connectivity index (χ0) is 16.2. The molecule has 6 nitrogen and oxygen atoms in total. The van der Waals surface area contributed by atoms with Gasteiger partial charge in [0.25, 0.3) is 0 Å². The van der Waals surface area contributed by atoms with Crippen molar-refractivity contribution in [2.24, 2.45) is 7.05 Å². The molecule has 0 radical (unpaired) electrons. The van der Waals surface area contributed by atoms with E-state index < -0.39 is 0 Å². The van der Waals surface area contributed by atoms with Crippen LogP contribution in [0.2, 0.25) is 0 Å². The molecular formula is C17H25N5O. The molecule has 0 N–H and O–H groups in total. The second-order valence-electron chi connectivity index (χ2n) is 6.50. The van der Waals surface area contributed by atoms with Gasteiger partial charge in [0.2, 0.25) is 5.91 Å². The average Bonchev–Trinajstić information content (AvgIpc) is 3.14. The number of hydrogen-bond acceptors (Lipinski definition) is 3. The first-order valence-corrected chi connectivity index (χ1v) is 8.38. The summed E-state index contributed by atoms with van der Waals surface area (Å²) in [4.78, 5) is 14.7. The van der Waals surface area contributed by atoms with E-state index in [1.165, 1.54) is 6.42 Å². The number of carbonyl (C=O) groups excluding carboxylic acids is 1. The molecule has 0 spiro atoms. The highest BCUT2D eigenvalue weighted by Gasteiger charge is 2.26. The summed E-state index contributed by atoms with van der Waals surface area (Å²) in [6.45, 7) is 3.71. The van der Waals surface area contributed by atoms with Crippen LogP contribution in [0, 0.1) is 6.92 Å². The van der Waals surface area contributed by atoms with Crippen LogP contribution in [-0.4, -0.2) is 43.0 Å². The summed E-state index contributed by atoms with van der Waals surface area (Å²) >= 11 is 0. The van der Waals surface area contributed by atoms with E-state index in [1.807, 2.05) is 43.4 Å². The quantitative estimate of drug-likeness (QED) is 0.847. The second-order valence-corrected chi connectivity index (χ2v) is 6.50. The molecule has 2 aromatic heterocycles. The number of amides is 1. The van der Waals surface area contributed by atoms with Crippen molar-refractivity contribution in [2.45, 2.75) is 51.6 Å². The maximum Gasteiger partial charge on any atom is 0.223 e. The molecule has 0 saturated carbocycles. The first-order valence-electron chi connectivity index (χ1n) is 8.38. The van der Waals surface area contributed by atoms with E-state index in [0.717, 1.165) is 43.5 Å². The van der Waals surface area contributed by atoms with E-state index in [-0.39, 0.29) is 11.9 Å². The van der Waals surface area contributed by atoms with Crippen molar-refractivity contribution >= 4 is 5.91 Å². The maximum absolute atomic E-state index is 12.7. The molecule has 0 aliphatic carbocycles. The number of rotatable bonds is 5. The fourth-order valence-corrected chi connectivity index (χ4v) is 3.30. The topological polar surface area (TPSA) is 56.0 Å². The van der Waals surface area contributed by atoms with Gasteiger partial charge in [0, 0.05) is 32.4 Å². The Hall–Kier alpha value is -2.11. The van der Waals surface area contributed by atoms with Crippen LogP contribution >= 0.6 is 0 Å². The van der Waals surface area contributed by atoms with Gasteiger partial charge >= 0.3 is 0 Å². The third-order valence-electron chi connectivity index (χ3n) is 4.49. The van der Waals surface area contributed by atoms with Crippen LogP contribution in [0.5, 0.6) is 0 Å². The van der Waals surface area contributed by atoms with Crippen molar-refractivity contribution < 1.29 is 4.79 Å². The molecule has 23 heavy (non-hydrogen) atoms. The lowest BCUT2D eigenvalue weighted by atomic mass is 10.0. The molecule has 0 bridgehead atoms. The van der Waals surface area contributed by atoms with Gasteiger partial charge in [-0.25, -0.2) is 0 Å². The Morgan fingerprint density at radius 2 is 2.13 bits per heavy atom. The largest absolute Gasteiger partial charge is 0.338 e. The van der Waals surface area contributed by atoms with E-state index >= 15 is 0 Å². The fraction of sp³-hybridized carbons (Fsp3) is 0.588. The van der Waals surface area contributed by atoms with E-state index in [0.29, 0.717) is 6.42 Å². The minimum atomic E-state index is 0.252. The number of hydrogen-bond donors (Lipinski definition) is 0. The first kappa shape index (κ1) is 15.8. The highest BCUT2D eigenvalue weighted by Crippen LogP contribution is 2.20. The van der Waals surface area contributed by atoms with E-state index in [1.54, 1.807) is 4.68 Å². The van der Waals surface area contributed by atoms with Gasteiger partial charge in [0.15, 0.2) is 0 Å². The lowest BCUT2D eigenvalue weighted by molar-refractivity contribution is -0.135. The SMILES string of the molecule is Cc1cnn(C[C@H]2CCCCN2C(=O)CCc2cnn(C)c2)c1. The lowest BCUT2D eigenvalue weighted by Gasteiger charge is -2.36. The van der Waals surface area contributed by atoms with Gasteiger partial charge in [-0.2, -0.15) is 10.2 Å². The minimum absolute atomic E-state index is 0.252. The van der Waals surface area contributed by atoms with Gasteiger partial charge < -0.3 is 4.90 Å². The van der Waals surface area contributed by atoms with E-state index in [9.17, 15) is 4.79 Å². The summed E-state index contributed by atoms with van der Waals surface area (Å²) < 4.78 is 3.75. The lowest BCUT2D eigenvalue weighted by Crippen LogP contribution is -2.46. The van der Waals surface area contributed by atoms with Crippen LogP contribution in [-0.2, 0) is 24.8 Å². The summed E-state index contributed by atoms with van der Waals surface area (Å²) in [5.41, 5.74) is 2.28. The number of nitrogens with zero attached hydrogens (tertiary/aromatic N) is 5. The normalized spacial score (nSPS) is 18.3. The standard InChI is InChI=1S/C17H25N5O/c1-14-9-19-21(11-14)13-16-5-3-4-8-22(16)17(23)7-6-15-10-18-20(2)12-15/h9-12,16H,3-8,13H2,1-2H3/t16-/m1/s1. The summed E-state index contributed by atoms with van der Waals surface area (Å²) in [6.07, 6.45) is 12.4. The van der Waals surface area contributed by atoms with Crippen LogP contribution in [0.15, 0.2) is 24.8 Å². The van der Waals surface area contributed by atoms with Gasteiger partial charge in [0.1, 0.15) is 0 Å². The Morgan fingerprint density at radius 1 is 1.26 bits per heavy atom. The molecule has 1 saturated heterocycles. The van der Waals surface area contributed by atoms with Gasteiger partial charge in [0.05, 0.1) is 25.0 Å². The zero-order valence-electron chi connectivity index (χ0n) is 14.0. The van der Waals surface area contributed by atoms with Crippen molar-refractivity contribution in [3.05, 3.63) is 35.9 Å². The maximum atomic E-state index is 12.7. The summed E-state index contributed by atoms with van der Waals surface area (Å²) in [6, 6.07) is 0.268. The van der Waals surface area contributed by atoms with Crippen LogP contribution in [0.1, 0.15) is 36.8 Å². The van der Waals surface area contributed by atoms with Crippen LogP contribution in [0.4, 0.5) is 0 Å². The van der Waals surface area contributed by atoms with Gasteiger partial charge in [-0.1, -0.05) is 0 Å². The van der Waals surface area contributed by atoms with Gasteiger partial charge in [-0.3, -0.25) is 14.2 Å². The summed E-state index contributed by atoms with van der Waals surface area (Å²) in [7, 11) is 1.90. The number of likely N-dealkylation sites (tertiary alicyclic amines) is 1. The Morgan fingerprint density at radius 3 is 2.83 bits per heavy atom. The predicted molar refractivity (Wildman–Crippen MR) is 87.8 cm³/mol. The Bertz CT molecular complexity index is 659. The van der Waals surface area contributed by atoms with Crippen molar-refractivity contribution in [1.29, 1.82) is 0 Å². The summed E-state index contributed by atoms with van der Waals surface area (Å²) in [5.74, 6) is 0.252. The Kier molecular flexibility index (Phi) is 4.79. The molecule has 0 unspecified atom stereocenters. The number of piperidine rings is 1. The van der Waals surface area contributed by atoms with Crippen LogP contribution in [0.3, 0.4) is 0 Å². The molecule has 1 amide bonds. The molecule has 2 aromatic rings. The number of carbonyl (C=O) groups is 1. The summed E-state index contributed by atoms with van der Waals surface area (Å²) in [5, 5.41) is 8.53. The monoisotopic (exact) mass is 315 g/mol. The van der Waals surface area contributed by atoms with Gasteiger partial charge in [-0.05, 0) is 43.7 Å². The third-order valence-corrected chi connectivity index (χ3v) is 4.49. The molecule has 1 aliphatic rings. The molecule has 6 heteroatoms. The Labute approximate surface area is 137 Å². The van der Waals surface area contributed by atoms with Crippen molar-refractivity contribution in [1.82, 2.24) is 24.5 Å². The first-order chi connectivity index (χ1) is 11.1. The molecular weight excluding hydrogens is 290 g/mol. The van der Waals surface area contributed by atoms with Crippen LogP contribution in [0.25, 0.3) is 0 Å². The second kappa shape index (κ2) is 6.98. The highest BCUT2D eigenvalue weighted by atomic mass is 16.2. The van der Waals surface area contributed by atoms with Gasteiger partial charge in [-0.15, -0.1) is 0 Å². The molecule has 1 aliphatic heterocycles. The zero-order valence-corrected chi connectivity index (χ0v) is 14.0. The van der Waals surface area contributed by atoms with Crippen molar-refractivity contribution in [3.63, 3.8) is 0 Å². The van der Waals surface area contributed by atoms with E-state index in [2.05, 4.69) is 15.1 Å². The Balaban J connectivity index is 1.59. The fourth-order valence-electron chi connectivity index (χ4n) is 3.30. The molecule has 0 aromatic carbocycles. The highest BCUT2D eigenvalue weighted by molar-refractivity contribution is 5.76. The number of aromatic nitrogens is 4. The predicted octanol–water partition coefficient (Wildman–Crippen LogP) is 1.94. The molecule has 3 heterocycles. The van der Waals surface area contributed by atoms with Crippen molar-refractivity contribution in [2.75, 3.05) is 6.54 Å². The molecule has 1 atom stereocenters. The average molecular weight is 315 g/mol. The molecule has 124 valence electrons. The number of aryl methyl sites for hydroxylation is 3. The van der Waals surface area contributed by atoms with E-state index in [4.69, 9.17) is 0 Å². The minimum Gasteiger partial charge on any atom is -0.338 e. The van der Waals surface area contributed by atoms with Crippen LogP contribution < -0.4 is 0 Å². The third kappa shape index (κ3) is 4.00. The molecule has 1 fully saturated rings. The van der Waals surface area contributed by atoms with Crippen molar-refractivity contribution in [3.8, 4) is 0 Å². The molecule has 3 rings (SSSR count). The smallest absolute Gasteiger partial charge is 0.223 e.